The smallest absolute Gasteiger partial charge is 0.189 e. The standard InChI is InChI=1S/C23H17Cl2NO3/c1-28-21-11-15-7-16(23(27)17(15)12-22(21)29-2)8-18-19(24)9-14(10-20(18)25)13-3-5-26-6-4-13/h3-6,8-12H,7H2,1-2H3. The van der Waals surface area contributed by atoms with E-state index in [0.29, 0.717) is 44.7 Å². The fourth-order valence-corrected chi connectivity index (χ4v) is 4.06. The van der Waals surface area contributed by atoms with Gasteiger partial charge >= 0.3 is 0 Å². The third-order valence-corrected chi connectivity index (χ3v) is 5.56. The minimum absolute atomic E-state index is 0.0636. The summed E-state index contributed by atoms with van der Waals surface area (Å²) in [4.78, 5) is 16.9. The highest BCUT2D eigenvalue weighted by Crippen LogP contribution is 2.39. The Kier molecular flexibility index (Phi) is 5.31. The lowest BCUT2D eigenvalue weighted by Gasteiger charge is -2.08. The lowest BCUT2D eigenvalue weighted by molar-refractivity contribution is 0.104. The summed E-state index contributed by atoms with van der Waals surface area (Å²) in [6.45, 7) is 0. The molecule has 146 valence electrons. The predicted octanol–water partition coefficient (Wildman–Crippen LogP) is 5.90. The first-order valence-corrected chi connectivity index (χ1v) is 9.67. The Labute approximate surface area is 178 Å². The number of hydrogen-bond donors (Lipinski definition) is 0. The van der Waals surface area contributed by atoms with E-state index in [-0.39, 0.29) is 5.78 Å². The van der Waals surface area contributed by atoms with Gasteiger partial charge in [-0.1, -0.05) is 23.2 Å². The number of halogens is 2. The molecule has 0 unspecified atom stereocenters. The highest BCUT2D eigenvalue weighted by Gasteiger charge is 2.27. The maximum Gasteiger partial charge on any atom is 0.189 e. The first kappa shape index (κ1) is 19.5. The van der Waals surface area contributed by atoms with E-state index in [1.165, 1.54) is 0 Å². The molecule has 1 aromatic heterocycles. The summed E-state index contributed by atoms with van der Waals surface area (Å²) >= 11 is 13.0. The van der Waals surface area contributed by atoms with Gasteiger partial charge in [-0.25, -0.2) is 0 Å². The molecule has 0 N–H and O–H groups in total. The summed E-state index contributed by atoms with van der Waals surface area (Å²) in [6.07, 6.45) is 5.67. The van der Waals surface area contributed by atoms with Gasteiger partial charge in [0.1, 0.15) is 0 Å². The molecule has 6 heteroatoms. The normalized spacial score (nSPS) is 14.2. The number of rotatable bonds is 4. The SMILES string of the molecule is COc1cc2c(cc1OC)C(=O)C(=Cc1c(Cl)cc(-c3ccncc3)cc1Cl)C2. The number of fused-ring (bicyclic) bond motifs is 1. The molecule has 3 aromatic rings. The van der Waals surface area contributed by atoms with E-state index in [0.717, 1.165) is 16.7 Å². The number of allylic oxidation sites excluding steroid dienone is 1. The second kappa shape index (κ2) is 7.90. The van der Waals surface area contributed by atoms with Gasteiger partial charge in [0.15, 0.2) is 17.3 Å². The Balaban J connectivity index is 1.72. The number of pyridine rings is 1. The number of ether oxygens (including phenoxy) is 2. The second-order valence-corrected chi connectivity index (χ2v) is 7.44. The lowest BCUT2D eigenvalue weighted by Crippen LogP contribution is -1.98. The molecule has 0 saturated heterocycles. The van der Waals surface area contributed by atoms with Gasteiger partial charge in [0.05, 0.1) is 14.2 Å². The third-order valence-electron chi connectivity index (χ3n) is 4.94. The molecule has 2 aromatic carbocycles. The van der Waals surface area contributed by atoms with Crippen molar-refractivity contribution >= 4 is 35.1 Å². The van der Waals surface area contributed by atoms with Crippen molar-refractivity contribution in [3.8, 4) is 22.6 Å². The minimum atomic E-state index is -0.0636. The molecule has 1 heterocycles. The third kappa shape index (κ3) is 3.61. The van der Waals surface area contributed by atoms with E-state index < -0.39 is 0 Å². The molecule has 1 aliphatic carbocycles. The molecule has 0 bridgehead atoms. The summed E-state index contributed by atoms with van der Waals surface area (Å²) in [5.74, 6) is 1.06. The highest BCUT2D eigenvalue weighted by molar-refractivity contribution is 6.38. The summed E-state index contributed by atoms with van der Waals surface area (Å²) in [5, 5.41) is 0.964. The van der Waals surface area contributed by atoms with Crippen molar-refractivity contribution in [2.24, 2.45) is 0 Å². The molecular weight excluding hydrogens is 409 g/mol. The van der Waals surface area contributed by atoms with Crippen LogP contribution >= 0.6 is 23.2 Å². The number of ketones is 1. The molecule has 0 saturated carbocycles. The zero-order valence-electron chi connectivity index (χ0n) is 15.8. The average Bonchev–Trinajstić information content (AvgIpc) is 3.04. The van der Waals surface area contributed by atoms with Crippen molar-refractivity contribution < 1.29 is 14.3 Å². The van der Waals surface area contributed by atoms with Crippen LogP contribution in [0.5, 0.6) is 11.5 Å². The van der Waals surface area contributed by atoms with Crippen molar-refractivity contribution in [1.29, 1.82) is 0 Å². The summed E-state index contributed by atoms with van der Waals surface area (Å²) in [6, 6.07) is 11.0. The van der Waals surface area contributed by atoms with Crippen LogP contribution in [-0.2, 0) is 6.42 Å². The molecule has 4 nitrogen and oxygen atoms in total. The maximum atomic E-state index is 12.9. The molecule has 0 fully saturated rings. The fourth-order valence-electron chi connectivity index (χ4n) is 3.46. The maximum absolute atomic E-state index is 12.9. The summed E-state index contributed by atoms with van der Waals surface area (Å²) in [7, 11) is 3.12. The number of nitrogens with zero attached hydrogens (tertiary/aromatic N) is 1. The first-order chi connectivity index (χ1) is 14.0. The van der Waals surface area contributed by atoms with Crippen LogP contribution in [0, 0.1) is 0 Å². The van der Waals surface area contributed by atoms with Gasteiger partial charge in [0.25, 0.3) is 0 Å². The van der Waals surface area contributed by atoms with Crippen LogP contribution in [0.25, 0.3) is 17.2 Å². The van der Waals surface area contributed by atoms with Crippen LogP contribution < -0.4 is 9.47 Å². The minimum Gasteiger partial charge on any atom is -0.493 e. The molecule has 0 radical (unpaired) electrons. The van der Waals surface area contributed by atoms with E-state index in [1.807, 2.05) is 30.3 Å². The highest BCUT2D eigenvalue weighted by atomic mass is 35.5. The van der Waals surface area contributed by atoms with E-state index in [4.69, 9.17) is 32.7 Å². The lowest BCUT2D eigenvalue weighted by atomic mass is 10.0. The molecule has 0 atom stereocenters. The van der Waals surface area contributed by atoms with Gasteiger partial charge in [-0.15, -0.1) is 0 Å². The number of carbonyl (C=O) groups is 1. The second-order valence-electron chi connectivity index (χ2n) is 6.63. The zero-order chi connectivity index (χ0) is 20.5. The van der Waals surface area contributed by atoms with E-state index in [1.54, 1.807) is 38.8 Å². The van der Waals surface area contributed by atoms with Crippen LogP contribution in [0.15, 0.2) is 54.4 Å². The first-order valence-electron chi connectivity index (χ1n) is 8.91. The largest absolute Gasteiger partial charge is 0.493 e. The molecule has 0 spiro atoms. The quantitative estimate of drug-likeness (QED) is 0.488. The van der Waals surface area contributed by atoms with Gasteiger partial charge in [-0.3, -0.25) is 9.78 Å². The Morgan fingerprint density at radius 3 is 2.17 bits per heavy atom. The van der Waals surface area contributed by atoms with E-state index in [9.17, 15) is 4.79 Å². The van der Waals surface area contributed by atoms with Gasteiger partial charge in [-0.05, 0) is 59.2 Å². The Hall–Kier alpha value is -2.82. The molecule has 4 rings (SSSR count). The van der Waals surface area contributed by atoms with Gasteiger partial charge in [0.2, 0.25) is 0 Å². The zero-order valence-corrected chi connectivity index (χ0v) is 17.3. The van der Waals surface area contributed by atoms with Gasteiger partial charge in [-0.2, -0.15) is 0 Å². The number of benzene rings is 2. The van der Waals surface area contributed by atoms with Gasteiger partial charge in [0, 0.05) is 45.6 Å². The van der Waals surface area contributed by atoms with Crippen molar-refractivity contribution in [2.75, 3.05) is 14.2 Å². The van der Waals surface area contributed by atoms with Crippen molar-refractivity contribution in [3.05, 3.63) is 81.1 Å². The molecule has 1 aliphatic rings. The van der Waals surface area contributed by atoms with Crippen LogP contribution in [-0.4, -0.2) is 25.0 Å². The van der Waals surface area contributed by atoms with Crippen LogP contribution in [0.1, 0.15) is 21.5 Å². The topological polar surface area (TPSA) is 48.4 Å². The van der Waals surface area contributed by atoms with Crippen LogP contribution in [0.4, 0.5) is 0 Å². The number of carbonyl (C=O) groups excluding carboxylic acids is 1. The van der Waals surface area contributed by atoms with Crippen molar-refractivity contribution in [2.45, 2.75) is 6.42 Å². The Bertz CT molecular complexity index is 1120. The van der Waals surface area contributed by atoms with E-state index in [2.05, 4.69) is 4.98 Å². The average molecular weight is 426 g/mol. The Morgan fingerprint density at radius 1 is 0.931 bits per heavy atom. The molecule has 0 amide bonds. The number of hydrogen-bond acceptors (Lipinski definition) is 4. The molecule has 0 aliphatic heterocycles. The van der Waals surface area contributed by atoms with Gasteiger partial charge < -0.3 is 9.47 Å². The summed E-state index contributed by atoms with van der Waals surface area (Å²) < 4.78 is 10.7. The van der Waals surface area contributed by atoms with E-state index >= 15 is 0 Å². The van der Waals surface area contributed by atoms with Crippen LogP contribution in [0.3, 0.4) is 0 Å². The molecule has 29 heavy (non-hydrogen) atoms. The van der Waals surface area contributed by atoms with Crippen molar-refractivity contribution in [1.82, 2.24) is 4.98 Å². The van der Waals surface area contributed by atoms with Crippen LogP contribution in [0.2, 0.25) is 10.0 Å². The number of Topliss-reactive ketones (excluding diaryl/α,β-unsaturated/α-hetero) is 1. The monoisotopic (exact) mass is 425 g/mol. The fraction of sp³-hybridized carbons (Fsp3) is 0.130. The Morgan fingerprint density at radius 2 is 1.55 bits per heavy atom. The van der Waals surface area contributed by atoms with Crippen molar-refractivity contribution in [3.63, 3.8) is 0 Å². The predicted molar refractivity (Wildman–Crippen MR) is 115 cm³/mol. The number of methoxy groups -OCH3 is 2. The number of aromatic nitrogens is 1. The molecular formula is C23H17Cl2NO3. The summed E-state index contributed by atoms with van der Waals surface area (Å²) in [5.41, 5.74) is 4.60.